The van der Waals surface area contributed by atoms with Gasteiger partial charge in [0.1, 0.15) is 22.7 Å². The fourth-order valence-electron chi connectivity index (χ4n) is 3.85. The Bertz CT molecular complexity index is 931. The Hall–Kier alpha value is -1.71. The Morgan fingerprint density at radius 2 is 1.75 bits per heavy atom. The van der Waals surface area contributed by atoms with Crippen molar-refractivity contribution in [3.63, 3.8) is 0 Å². The molecule has 1 atom stereocenters. The number of rotatable bonds is 5. The monoisotopic (exact) mass is 496 g/mol. The molecule has 0 radical (unpaired) electrons. The minimum Gasteiger partial charge on any atom is -0.487 e. The van der Waals surface area contributed by atoms with Crippen LogP contribution < -0.4 is 30.5 Å². The average molecular weight is 496 g/mol. The summed E-state index contributed by atoms with van der Waals surface area (Å²) in [6.07, 6.45) is 1.70. The summed E-state index contributed by atoms with van der Waals surface area (Å²) in [7, 11) is 0. The molecule has 2 aliphatic rings. The normalized spacial score (nSPS) is 21.5. The number of nitrogens with one attached hydrogen (secondary N) is 1. The molecule has 3 N–H and O–H groups in total. The van der Waals surface area contributed by atoms with E-state index in [1.165, 1.54) is 11.1 Å². The summed E-state index contributed by atoms with van der Waals surface area (Å²) in [6.45, 7) is 8.82. The van der Waals surface area contributed by atoms with Crippen molar-refractivity contribution in [2.45, 2.75) is 51.7 Å². The third-order valence-corrected chi connectivity index (χ3v) is 6.16. The molecule has 0 spiro atoms. The highest BCUT2D eigenvalue weighted by Gasteiger charge is 2.37. The Morgan fingerprint density at radius 1 is 1.04 bits per heavy atom. The van der Waals surface area contributed by atoms with Crippen molar-refractivity contribution in [1.29, 1.82) is 0 Å². The number of hydrogen-bond acceptors (Lipinski definition) is 6. The molecule has 2 aliphatic heterocycles. The first-order valence-electron chi connectivity index (χ1n) is 9.28. The lowest BCUT2D eigenvalue weighted by Gasteiger charge is -2.24. The van der Waals surface area contributed by atoms with Crippen LogP contribution in [0, 0.1) is 10.5 Å². The zero-order valence-corrected chi connectivity index (χ0v) is 18.7. The van der Waals surface area contributed by atoms with Crippen LogP contribution in [0.1, 0.15) is 37.5 Å². The summed E-state index contributed by atoms with van der Waals surface area (Å²) in [5.41, 5.74) is 6.01. The van der Waals surface area contributed by atoms with E-state index in [0.29, 0.717) is 12.3 Å². The molecule has 1 unspecified atom stereocenters. The van der Waals surface area contributed by atoms with Crippen LogP contribution in [-0.4, -0.2) is 17.7 Å². The van der Waals surface area contributed by atoms with Crippen molar-refractivity contribution in [3.05, 3.63) is 44.5 Å². The zero-order chi connectivity index (χ0) is 20.1. The predicted molar refractivity (Wildman–Crippen MR) is 115 cm³/mol. The third-order valence-electron chi connectivity index (χ3n) is 5.20. The number of ether oxygens (including phenoxy) is 2. The fraction of sp³-hybridized carbons (Fsp3) is 0.429. The lowest BCUT2D eigenvalue weighted by molar-refractivity contribution is 0.0658. The first-order chi connectivity index (χ1) is 13.2. The van der Waals surface area contributed by atoms with Crippen molar-refractivity contribution in [3.8, 4) is 23.0 Å². The van der Waals surface area contributed by atoms with Gasteiger partial charge in [-0.3, -0.25) is 0 Å². The number of aryl methyl sites for hydroxylation is 1. The highest BCUT2D eigenvalue weighted by Crippen LogP contribution is 2.41. The first-order valence-corrected chi connectivity index (χ1v) is 10.4. The van der Waals surface area contributed by atoms with Gasteiger partial charge in [-0.1, -0.05) is 0 Å². The molecule has 6 nitrogen and oxygen atoms in total. The highest BCUT2D eigenvalue weighted by molar-refractivity contribution is 14.1. The van der Waals surface area contributed by atoms with E-state index in [1.54, 1.807) is 0 Å². The van der Waals surface area contributed by atoms with Gasteiger partial charge in [-0.25, -0.2) is 0 Å². The van der Waals surface area contributed by atoms with Crippen molar-refractivity contribution >= 4 is 22.6 Å². The number of benzene rings is 2. The number of nitrogens with two attached hydrogens (primary N) is 1. The zero-order valence-electron chi connectivity index (χ0n) is 16.5. The van der Waals surface area contributed by atoms with Gasteiger partial charge in [-0.2, -0.15) is 11.4 Å². The third kappa shape index (κ3) is 3.75. The molecular weight excluding hydrogens is 471 g/mol. The molecule has 150 valence electrons. The van der Waals surface area contributed by atoms with Gasteiger partial charge in [0.05, 0.1) is 6.54 Å². The van der Waals surface area contributed by atoms with E-state index in [2.05, 4.69) is 48.8 Å². The molecule has 0 aliphatic carbocycles. The molecule has 28 heavy (non-hydrogen) atoms. The molecule has 2 aromatic carbocycles. The van der Waals surface area contributed by atoms with Gasteiger partial charge >= 0.3 is 0 Å². The molecule has 2 heterocycles. The van der Waals surface area contributed by atoms with Gasteiger partial charge < -0.3 is 19.1 Å². The summed E-state index contributed by atoms with van der Waals surface area (Å²) in [5, 5.41) is 0. The van der Waals surface area contributed by atoms with Crippen LogP contribution in [0.4, 0.5) is 0 Å². The van der Waals surface area contributed by atoms with E-state index in [9.17, 15) is 0 Å². The number of hydrogen-bond donors (Lipinski definition) is 2. The molecule has 0 fully saturated rings. The quantitative estimate of drug-likeness (QED) is 0.484. The van der Waals surface area contributed by atoms with E-state index in [1.807, 2.05) is 31.2 Å². The molecule has 0 saturated carbocycles. The lowest BCUT2D eigenvalue weighted by Crippen LogP contribution is -2.43. The van der Waals surface area contributed by atoms with Crippen molar-refractivity contribution in [1.82, 2.24) is 5.48 Å². The largest absolute Gasteiger partial charge is 0.487 e. The van der Waals surface area contributed by atoms with E-state index in [-0.39, 0.29) is 5.60 Å². The van der Waals surface area contributed by atoms with Crippen LogP contribution in [0.15, 0.2) is 24.3 Å². The van der Waals surface area contributed by atoms with Gasteiger partial charge in [0, 0.05) is 39.7 Å². The Labute approximate surface area is 178 Å². The van der Waals surface area contributed by atoms with Gasteiger partial charge in [0.15, 0.2) is 11.5 Å². The van der Waals surface area contributed by atoms with Crippen LogP contribution in [0.2, 0.25) is 0 Å². The second kappa shape index (κ2) is 6.96. The molecular formula is C21H25IN2O4. The van der Waals surface area contributed by atoms with Crippen molar-refractivity contribution < 1.29 is 19.1 Å². The molecule has 4 rings (SSSR count). The fourth-order valence-corrected chi connectivity index (χ4v) is 4.62. The molecule has 0 amide bonds. The van der Waals surface area contributed by atoms with E-state index in [4.69, 9.17) is 25.0 Å². The van der Waals surface area contributed by atoms with Crippen LogP contribution in [0.25, 0.3) is 0 Å². The Kier molecular flexibility index (Phi) is 4.87. The van der Waals surface area contributed by atoms with E-state index in [0.717, 1.165) is 39.2 Å². The number of hydroxylamine groups is 1. The standard InChI is InChI=1S/C21H25IN2O4/c1-12-5-13(27-23)7-18-15(12)10-21(4,26-18)11-24-28-14-6-17(22)16-9-20(2,3)25-19(16)8-14/h5-8,24H,9-11,23H2,1-4H3. The topological polar surface area (TPSA) is 75.0 Å². The second-order valence-electron chi connectivity index (χ2n) is 8.41. The van der Waals surface area contributed by atoms with Gasteiger partial charge in [0.2, 0.25) is 0 Å². The molecule has 0 aromatic heterocycles. The average Bonchev–Trinajstić information content (AvgIpc) is 3.10. The molecule has 7 heteroatoms. The molecule has 0 saturated heterocycles. The smallest absolute Gasteiger partial charge is 0.151 e. The second-order valence-corrected chi connectivity index (χ2v) is 9.57. The maximum atomic E-state index is 6.18. The minimum atomic E-state index is -0.414. The predicted octanol–water partition coefficient (Wildman–Crippen LogP) is 3.84. The maximum absolute atomic E-state index is 6.18. The lowest BCUT2D eigenvalue weighted by atomic mass is 9.96. The van der Waals surface area contributed by atoms with Crippen molar-refractivity contribution in [2.24, 2.45) is 5.90 Å². The minimum absolute atomic E-state index is 0.171. The highest BCUT2D eigenvalue weighted by atomic mass is 127. The Balaban J connectivity index is 1.41. The van der Waals surface area contributed by atoms with Crippen LogP contribution in [-0.2, 0) is 12.8 Å². The van der Waals surface area contributed by atoms with Crippen LogP contribution in [0.5, 0.6) is 23.0 Å². The number of halogens is 1. The van der Waals surface area contributed by atoms with Gasteiger partial charge in [-0.15, -0.1) is 0 Å². The summed E-state index contributed by atoms with van der Waals surface area (Å²) in [4.78, 5) is 10.7. The molecule has 0 bridgehead atoms. The summed E-state index contributed by atoms with van der Waals surface area (Å²) < 4.78 is 13.4. The summed E-state index contributed by atoms with van der Waals surface area (Å²) in [5.74, 6) is 8.33. The van der Waals surface area contributed by atoms with E-state index < -0.39 is 5.60 Å². The van der Waals surface area contributed by atoms with Crippen LogP contribution in [0.3, 0.4) is 0 Å². The van der Waals surface area contributed by atoms with Gasteiger partial charge in [-0.05, 0) is 68.0 Å². The SMILES string of the molecule is Cc1cc(ON)cc2c1CC(C)(CNOc1cc(I)c3c(c1)OC(C)(C)C3)O2. The van der Waals surface area contributed by atoms with Crippen molar-refractivity contribution in [2.75, 3.05) is 6.54 Å². The Morgan fingerprint density at radius 3 is 2.50 bits per heavy atom. The van der Waals surface area contributed by atoms with Crippen LogP contribution >= 0.6 is 22.6 Å². The summed E-state index contributed by atoms with van der Waals surface area (Å²) in [6, 6.07) is 7.72. The summed E-state index contributed by atoms with van der Waals surface area (Å²) >= 11 is 2.34. The van der Waals surface area contributed by atoms with E-state index >= 15 is 0 Å². The number of fused-ring (bicyclic) bond motifs is 2. The maximum Gasteiger partial charge on any atom is 0.151 e. The first kappa shape index (κ1) is 19.6. The van der Waals surface area contributed by atoms with Gasteiger partial charge in [0.25, 0.3) is 0 Å². The molecule has 2 aromatic rings.